The van der Waals surface area contributed by atoms with Gasteiger partial charge in [-0.15, -0.1) is 0 Å². The van der Waals surface area contributed by atoms with Gasteiger partial charge in [0.1, 0.15) is 12.1 Å². The quantitative estimate of drug-likeness (QED) is 0.116. The Morgan fingerprint density at radius 3 is 2.53 bits per heavy atom. The first-order chi connectivity index (χ1) is 16.2. The van der Waals surface area contributed by atoms with Crippen LogP contribution in [0, 0.1) is 0 Å². The highest BCUT2D eigenvalue weighted by Crippen LogP contribution is 2.19. The Bertz CT molecular complexity index is 889. The lowest BCUT2D eigenvalue weighted by molar-refractivity contribution is -0.149. The highest BCUT2D eigenvalue weighted by molar-refractivity contribution is 5.93. The predicted octanol–water partition coefficient (Wildman–Crippen LogP) is -1.71. The summed E-state index contributed by atoms with van der Waals surface area (Å²) in [6.45, 7) is 0.269. The van der Waals surface area contributed by atoms with Crippen molar-refractivity contribution < 1.29 is 24.3 Å². The van der Waals surface area contributed by atoms with Gasteiger partial charge < -0.3 is 37.8 Å². The Morgan fingerprint density at radius 2 is 1.88 bits per heavy atom. The number of benzene rings is 1. The zero-order chi connectivity index (χ0) is 25.1. The summed E-state index contributed by atoms with van der Waals surface area (Å²) in [4.78, 5) is 54.5. The van der Waals surface area contributed by atoms with Crippen LogP contribution in [-0.2, 0) is 25.6 Å². The molecule has 0 saturated carbocycles. The first-order valence-electron chi connectivity index (χ1n) is 11.1. The fourth-order valence-corrected chi connectivity index (χ4v) is 3.73. The van der Waals surface area contributed by atoms with Crippen LogP contribution < -0.4 is 27.8 Å². The third-order valence-electron chi connectivity index (χ3n) is 5.46. The van der Waals surface area contributed by atoms with Crippen LogP contribution in [0.3, 0.4) is 0 Å². The van der Waals surface area contributed by atoms with Crippen molar-refractivity contribution in [2.45, 2.75) is 50.2 Å². The molecular weight excluding hydrogens is 442 g/mol. The number of hydrogen-bond donors (Lipinski definition) is 6. The Morgan fingerprint density at radius 1 is 1.18 bits per heavy atom. The molecule has 1 aliphatic rings. The summed E-state index contributed by atoms with van der Waals surface area (Å²) in [6, 6.07) is 6.34. The first kappa shape index (κ1) is 26.6. The number of carbonyl (C=O) groups excluding carboxylic acids is 3. The molecule has 2 rings (SSSR count). The predicted molar refractivity (Wildman–Crippen MR) is 125 cm³/mol. The number of carboxylic acid groups (broad SMARTS) is 1. The molecule has 0 aromatic heterocycles. The summed E-state index contributed by atoms with van der Waals surface area (Å²) in [5.41, 5.74) is 17.1. The molecule has 12 nitrogen and oxygen atoms in total. The van der Waals surface area contributed by atoms with Crippen LogP contribution in [0.4, 0.5) is 0 Å². The van der Waals surface area contributed by atoms with E-state index in [0.717, 1.165) is 5.56 Å². The van der Waals surface area contributed by atoms with Gasteiger partial charge >= 0.3 is 5.97 Å². The molecule has 0 aliphatic carbocycles. The lowest BCUT2D eigenvalue weighted by Crippen LogP contribution is -2.54. The maximum absolute atomic E-state index is 13.2. The van der Waals surface area contributed by atoms with Gasteiger partial charge in [0.25, 0.3) is 0 Å². The van der Waals surface area contributed by atoms with Crippen molar-refractivity contribution in [2.24, 2.45) is 22.2 Å². The zero-order valence-electron chi connectivity index (χ0n) is 19.0. The van der Waals surface area contributed by atoms with E-state index >= 15 is 0 Å². The number of aliphatic carboxylic acids is 1. The zero-order valence-corrected chi connectivity index (χ0v) is 19.0. The minimum absolute atomic E-state index is 0.0436. The van der Waals surface area contributed by atoms with E-state index in [9.17, 15) is 24.3 Å². The lowest BCUT2D eigenvalue weighted by atomic mass is 10.0. The summed E-state index contributed by atoms with van der Waals surface area (Å²) in [7, 11) is 0. The average Bonchev–Trinajstić information content (AvgIpc) is 3.30. The second-order valence-electron chi connectivity index (χ2n) is 8.11. The molecular formula is C22H33N7O5. The number of nitrogens with two attached hydrogens (primary N) is 3. The molecule has 186 valence electrons. The molecule has 3 atom stereocenters. The fraction of sp³-hybridized carbons (Fsp3) is 0.500. The summed E-state index contributed by atoms with van der Waals surface area (Å²) in [5, 5.41) is 14.5. The standard InChI is InChI=1S/C22H33N7O5/c23-15(8-4-10-26-22(24)25)19(31)27-13-18(30)28-16(12-14-6-2-1-3-7-14)20(32)29-11-5-9-17(29)21(33)34/h1-3,6-7,15-17H,4-5,8-13,23H2,(H,27,31)(H,28,30)(H,33,34)(H4,24,25,26). The van der Waals surface area contributed by atoms with E-state index in [4.69, 9.17) is 17.2 Å². The van der Waals surface area contributed by atoms with Crippen LogP contribution in [0.1, 0.15) is 31.2 Å². The molecule has 0 spiro atoms. The third kappa shape index (κ3) is 8.35. The molecule has 1 heterocycles. The van der Waals surface area contributed by atoms with E-state index in [1.807, 2.05) is 30.3 Å². The summed E-state index contributed by atoms with van der Waals surface area (Å²) in [6.07, 6.45) is 1.94. The summed E-state index contributed by atoms with van der Waals surface area (Å²) >= 11 is 0. The molecule has 1 aromatic carbocycles. The van der Waals surface area contributed by atoms with Crippen molar-refractivity contribution in [3.8, 4) is 0 Å². The highest BCUT2D eigenvalue weighted by Gasteiger charge is 2.37. The summed E-state index contributed by atoms with van der Waals surface area (Å²) < 4.78 is 0. The van der Waals surface area contributed by atoms with Gasteiger partial charge in [0.2, 0.25) is 17.7 Å². The maximum atomic E-state index is 13.2. The van der Waals surface area contributed by atoms with Gasteiger partial charge in [0, 0.05) is 19.5 Å². The Hall–Kier alpha value is -3.67. The first-order valence-corrected chi connectivity index (χ1v) is 11.1. The highest BCUT2D eigenvalue weighted by atomic mass is 16.4. The molecule has 1 aliphatic heterocycles. The number of likely N-dealkylation sites (tertiary alicyclic amines) is 1. The van der Waals surface area contributed by atoms with Gasteiger partial charge in [-0.3, -0.25) is 19.4 Å². The molecule has 1 saturated heterocycles. The monoisotopic (exact) mass is 475 g/mol. The lowest BCUT2D eigenvalue weighted by Gasteiger charge is -2.27. The van der Waals surface area contributed by atoms with Crippen molar-refractivity contribution in [2.75, 3.05) is 19.6 Å². The van der Waals surface area contributed by atoms with Crippen LogP contribution in [0.25, 0.3) is 0 Å². The number of nitrogens with zero attached hydrogens (tertiary/aromatic N) is 2. The van der Waals surface area contributed by atoms with E-state index in [1.54, 1.807) is 0 Å². The van der Waals surface area contributed by atoms with Gasteiger partial charge in [0.05, 0.1) is 12.6 Å². The van der Waals surface area contributed by atoms with Crippen molar-refractivity contribution in [3.63, 3.8) is 0 Å². The number of nitrogens with one attached hydrogen (secondary N) is 2. The molecule has 3 unspecified atom stereocenters. The van der Waals surface area contributed by atoms with Gasteiger partial charge in [-0.2, -0.15) is 0 Å². The van der Waals surface area contributed by atoms with E-state index in [2.05, 4.69) is 15.6 Å². The fourth-order valence-electron chi connectivity index (χ4n) is 3.73. The van der Waals surface area contributed by atoms with Gasteiger partial charge in [-0.25, -0.2) is 4.79 Å². The molecule has 1 aromatic rings. The van der Waals surface area contributed by atoms with Crippen LogP contribution in [0.15, 0.2) is 35.3 Å². The van der Waals surface area contributed by atoms with E-state index < -0.39 is 41.8 Å². The molecule has 0 bridgehead atoms. The largest absolute Gasteiger partial charge is 0.480 e. The van der Waals surface area contributed by atoms with Gasteiger partial charge in [-0.05, 0) is 31.2 Å². The molecule has 1 fully saturated rings. The molecule has 9 N–H and O–H groups in total. The minimum Gasteiger partial charge on any atom is -0.480 e. The molecule has 34 heavy (non-hydrogen) atoms. The number of hydrogen-bond acceptors (Lipinski definition) is 6. The van der Waals surface area contributed by atoms with E-state index in [1.165, 1.54) is 4.90 Å². The second-order valence-corrected chi connectivity index (χ2v) is 8.11. The summed E-state index contributed by atoms with van der Waals surface area (Å²) in [5.74, 6) is -2.68. The number of guanidine groups is 1. The average molecular weight is 476 g/mol. The van der Waals surface area contributed by atoms with E-state index in [-0.39, 0.29) is 18.9 Å². The van der Waals surface area contributed by atoms with Crippen LogP contribution in [0.2, 0.25) is 0 Å². The number of rotatable bonds is 12. The van der Waals surface area contributed by atoms with Crippen molar-refractivity contribution in [1.29, 1.82) is 0 Å². The number of amides is 3. The van der Waals surface area contributed by atoms with Gasteiger partial charge in [-0.1, -0.05) is 30.3 Å². The van der Waals surface area contributed by atoms with Crippen LogP contribution >= 0.6 is 0 Å². The normalized spacial score (nSPS) is 16.9. The van der Waals surface area contributed by atoms with Crippen LogP contribution in [0.5, 0.6) is 0 Å². The number of carbonyl (C=O) groups is 4. The van der Waals surface area contributed by atoms with Crippen LogP contribution in [-0.4, -0.2) is 77.4 Å². The number of aliphatic imine (C=N–C) groups is 1. The molecule has 12 heteroatoms. The molecule has 0 radical (unpaired) electrons. The van der Waals surface area contributed by atoms with E-state index in [0.29, 0.717) is 38.8 Å². The minimum atomic E-state index is -1.07. The second kappa shape index (κ2) is 13.1. The third-order valence-corrected chi connectivity index (χ3v) is 5.46. The maximum Gasteiger partial charge on any atom is 0.326 e. The van der Waals surface area contributed by atoms with Gasteiger partial charge in [0.15, 0.2) is 5.96 Å². The topological polar surface area (TPSA) is 206 Å². The Labute approximate surface area is 197 Å². The smallest absolute Gasteiger partial charge is 0.326 e. The molecule has 3 amide bonds. The Balaban J connectivity index is 1.95. The van der Waals surface area contributed by atoms with Crippen molar-refractivity contribution in [1.82, 2.24) is 15.5 Å². The Kier molecular flexibility index (Phi) is 10.3. The number of carboxylic acids is 1. The van der Waals surface area contributed by atoms with Crippen molar-refractivity contribution in [3.05, 3.63) is 35.9 Å². The van der Waals surface area contributed by atoms with Crippen molar-refractivity contribution >= 4 is 29.7 Å². The SMILES string of the molecule is NC(N)=NCCCC(N)C(=O)NCC(=O)NC(Cc1ccccc1)C(=O)N1CCCC1C(=O)O.